The van der Waals surface area contributed by atoms with Crippen LogP contribution in [0.5, 0.6) is 0 Å². The van der Waals surface area contributed by atoms with Crippen molar-refractivity contribution < 1.29 is 19.3 Å². The molecule has 0 fully saturated rings. The lowest BCUT2D eigenvalue weighted by molar-refractivity contribution is -0.393. The molecule has 21 heavy (non-hydrogen) atoms. The summed E-state index contributed by atoms with van der Waals surface area (Å²) in [6, 6.07) is 3.46. The number of non-ortho nitro benzene ring substituents is 1. The van der Waals surface area contributed by atoms with E-state index in [9.17, 15) is 20.2 Å². The molecule has 0 saturated heterocycles. The van der Waals surface area contributed by atoms with Crippen LogP contribution in [0.25, 0.3) is 0 Å². The number of nitrogens with zero attached hydrogens (tertiary/aromatic N) is 2. The van der Waals surface area contributed by atoms with Gasteiger partial charge in [0.05, 0.1) is 35.7 Å². The van der Waals surface area contributed by atoms with Crippen LogP contribution in [0.2, 0.25) is 0 Å². The normalized spacial score (nSPS) is 10.3. The lowest BCUT2D eigenvalue weighted by Gasteiger charge is -2.08. The minimum atomic E-state index is -0.673. The highest BCUT2D eigenvalue weighted by Crippen LogP contribution is 2.28. The van der Waals surface area contributed by atoms with Gasteiger partial charge in [0, 0.05) is 19.2 Å². The van der Waals surface area contributed by atoms with Gasteiger partial charge in [-0.3, -0.25) is 20.2 Å². The summed E-state index contributed by atoms with van der Waals surface area (Å²) < 4.78 is 10.3. The first-order chi connectivity index (χ1) is 10.1. The van der Waals surface area contributed by atoms with Crippen molar-refractivity contribution in [2.45, 2.75) is 6.92 Å². The Morgan fingerprint density at radius 3 is 2.43 bits per heavy atom. The van der Waals surface area contributed by atoms with Crippen molar-refractivity contribution in [2.24, 2.45) is 0 Å². The standard InChI is InChI=1S/C12H17N3O6/c1-2-20-7-8-21-6-5-13-11-4-3-10(14(16)17)9-12(11)15(18)19/h3-4,9,13H,2,5-8H2,1H3. The quantitative estimate of drug-likeness (QED) is 0.398. The van der Waals surface area contributed by atoms with Crippen molar-refractivity contribution in [2.75, 3.05) is 38.3 Å². The van der Waals surface area contributed by atoms with E-state index >= 15 is 0 Å². The van der Waals surface area contributed by atoms with Gasteiger partial charge in [0.15, 0.2) is 0 Å². The fraction of sp³-hybridized carbons (Fsp3) is 0.500. The molecule has 0 unspecified atom stereocenters. The second-order valence-electron chi connectivity index (χ2n) is 3.95. The summed E-state index contributed by atoms with van der Waals surface area (Å²) in [5.41, 5.74) is -0.433. The van der Waals surface area contributed by atoms with Crippen molar-refractivity contribution in [3.05, 3.63) is 38.4 Å². The predicted molar refractivity (Wildman–Crippen MR) is 75.6 cm³/mol. The van der Waals surface area contributed by atoms with Crippen molar-refractivity contribution >= 4 is 17.1 Å². The molecule has 0 aliphatic rings. The first-order valence-electron chi connectivity index (χ1n) is 6.38. The smallest absolute Gasteiger partial charge is 0.299 e. The Kier molecular flexibility index (Phi) is 7.05. The van der Waals surface area contributed by atoms with Gasteiger partial charge in [0.25, 0.3) is 11.4 Å². The van der Waals surface area contributed by atoms with Gasteiger partial charge >= 0.3 is 0 Å². The van der Waals surface area contributed by atoms with Gasteiger partial charge in [-0.25, -0.2) is 0 Å². The molecule has 1 N–H and O–H groups in total. The highest BCUT2D eigenvalue weighted by Gasteiger charge is 2.18. The van der Waals surface area contributed by atoms with E-state index in [1.807, 2.05) is 6.92 Å². The number of ether oxygens (including phenoxy) is 2. The van der Waals surface area contributed by atoms with Crippen molar-refractivity contribution in [3.63, 3.8) is 0 Å². The first-order valence-corrected chi connectivity index (χ1v) is 6.38. The van der Waals surface area contributed by atoms with Crippen LogP contribution in [-0.2, 0) is 9.47 Å². The number of hydrogen-bond acceptors (Lipinski definition) is 7. The third-order valence-corrected chi connectivity index (χ3v) is 2.53. The van der Waals surface area contributed by atoms with Crippen molar-refractivity contribution in [1.29, 1.82) is 0 Å². The van der Waals surface area contributed by atoms with Gasteiger partial charge in [0.2, 0.25) is 0 Å². The van der Waals surface area contributed by atoms with E-state index in [0.29, 0.717) is 33.0 Å². The summed E-state index contributed by atoms with van der Waals surface area (Å²) in [5.74, 6) is 0. The summed E-state index contributed by atoms with van der Waals surface area (Å²) in [6.07, 6.45) is 0. The molecule has 0 aliphatic carbocycles. The Bertz CT molecular complexity index is 494. The Hall–Kier alpha value is -2.26. The molecule has 1 aromatic rings. The average molecular weight is 299 g/mol. The number of rotatable bonds is 10. The van der Waals surface area contributed by atoms with Crippen LogP contribution in [0.1, 0.15) is 6.92 Å². The molecule has 1 aromatic carbocycles. The zero-order valence-corrected chi connectivity index (χ0v) is 11.6. The molecule has 116 valence electrons. The third kappa shape index (κ3) is 5.71. The Labute approximate surface area is 121 Å². The zero-order chi connectivity index (χ0) is 15.7. The molecule has 0 aliphatic heterocycles. The van der Waals surface area contributed by atoms with Gasteiger partial charge in [-0.15, -0.1) is 0 Å². The molecule has 0 bridgehead atoms. The Morgan fingerprint density at radius 2 is 1.81 bits per heavy atom. The maximum atomic E-state index is 10.9. The SMILES string of the molecule is CCOCCOCCNc1ccc([N+](=O)[O-])cc1[N+](=O)[O-]. The van der Waals surface area contributed by atoms with E-state index in [4.69, 9.17) is 9.47 Å². The van der Waals surface area contributed by atoms with Crippen LogP contribution >= 0.6 is 0 Å². The zero-order valence-electron chi connectivity index (χ0n) is 11.6. The van der Waals surface area contributed by atoms with E-state index in [1.54, 1.807) is 0 Å². The third-order valence-electron chi connectivity index (χ3n) is 2.53. The summed E-state index contributed by atoms with van der Waals surface area (Å²) in [5, 5.41) is 24.3. The number of nitrogens with one attached hydrogen (secondary N) is 1. The molecule has 0 radical (unpaired) electrons. The largest absolute Gasteiger partial charge is 0.379 e. The fourth-order valence-corrected chi connectivity index (χ4v) is 1.56. The highest BCUT2D eigenvalue weighted by molar-refractivity contribution is 5.65. The molecular weight excluding hydrogens is 282 g/mol. The van der Waals surface area contributed by atoms with E-state index < -0.39 is 9.85 Å². The number of nitro benzene ring substituents is 2. The van der Waals surface area contributed by atoms with Crippen molar-refractivity contribution in [1.82, 2.24) is 0 Å². The van der Waals surface area contributed by atoms with E-state index in [1.165, 1.54) is 12.1 Å². The molecule has 0 spiro atoms. The molecule has 0 saturated carbocycles. The number of anilines is 1. The molecule has 9 heteroatoms. The van der Waals surface area contributed by atoms with E-state index in [0.717, 1.165) is 6.07 Å². The van der Waals surface area contributed by atoms with Gasteiger partial charge in [-0.2, -0.15) is 0 Å². The number of hydrogen-bond donors (Lipinski definition) is 1. The molecule has 0 amide bonds. The monoisotopic (exact) mass is 299 g/mol. The minimum absolute atomic E-state index is 0.221. The Morgan fingerprint density at radius 1 is 1.10 bits per heavy atom. The molecular formula is C12H17N3O6. The van der Waals surface area contributed by atoms with Gasteiger partial charge < -0.3 is 14.8 Å². The van der Waals surface area contributed by atoms with Crippen LogP contribution in [0.3, 0.4) is 0 Å². The molecule has 0 aromatic heterocycles. The maximum absolute atomic E-state index is 10.9. The molecule has 0 heterocycles. The summed E-state index contributed by atoms with van der Waals surface area (Å²) in [6.45, 7) is 4.14. The fourth-order valence-electron chi connectivity index (χ4n) is 1.56. The lowest BCUT2D eigenvalue weighted by atomic mass is 10.2. The van der Waals surface area contributed by atoms with E-state index in [-0.39, 0.29) is 17.1 Å². The second-order valence-corrected chi connectivity index (χ2v) is 3.95. The van der Waals surface area contributed by atoms with Gasteiger partial charge in [0.1, 0.15) is 5.69 Å². The Balaban J connectivity index is 2.51. The molecule has 1 rings (SSSR count). The number of benzene rings is 1. The van der Waals surface area contributed by atoms with Crippen molar-refractivity contribution in [3.8, 4) is 0 Å². The van der Waals surface area contributed by atoms with Crippen LogP contribution in [0, 0.1) is 20.2 Å². The summed E-state index contributed by atoms with van der Waals surface area (Å²) in [7, 11) is 0. The lowest BCUT2D eigenvalue weighted by Crippen LogP contribution is -2.13. The van der Waals surface area contributed by atoms with Crippen LogP contribution < -0.4 is 5.32 Å². The second kappa shape index (κ2) is 8.82. The average Bonchev–Trinajstić information content (AvgIpc) is 2.46. The number of nitro groups is 2. The maximum Gasteiger partial charge on any atom is 0.299 e. The summed E-state index contributed by atoms with van der Waals surface area (Å²) in [4.78, 5) is 20.2. The molecule has 9 nitrogen and oxygen atoms in total. The van der Waals surface area contributed by atoms with Crippen LogP contribution in [-0.4, -0.2) is 42.8 Å². The van der Waals surface area contributed by atoms with Gasteiger partial charge in [-0.1, -0.05) is 0 Å². The summed E-state index contributed by atoms with van der Waals surface area (Å²) >= 11 is 0. The molecule has 0 atom stereocenters. The van der Waals surface area contributed by atoms with Crippen LogP contribution in [0.15, 0.2) is 18.2 Å². The highest BCUT2D eigenvalue weighted by atomic mass is 16.6. The van der Waals surface area contributed by atoms with E-state index in [2.05, 4.69) is 5.32 Å². The minimum Gasteiger partial charge on any atom is -0.379 e. The first kappa shape index (κ1) is 16.8. The van der Waals surface area contributed by atoms with Gasteiger partial charge in [-0.05, 0) is 13.0 Å². The predicted octanol–water partition coefficient (Wildman–Crippen LogP) is 1.97. The van der Waals surface area contributed by atoms with Crippen LogP contribution in [0.4, 0.5) is 17.1 Å². The topological polar surface area (TPSA) is 117 Å².